The van der Waals surface area contributed by atoms with Crippen molar-refractivity contribution in [1.29, 1.82) is 0 Å². The van der Waals surface area contributed by atoms with Gasteiger partial charge in [-0.1, -0.05) is 64.2 Å². The summed E-state index contributed by atoms with van der Waals surface area (Å²) in [4.78, 5) is 0. The molecule has 0 spiro atoms. The minimum absolute atomic E-state index is 0.734. The highest BCUT2D eigenvalue weighted by molar-refractivity contribution is 5.03. The normalized spacial score (nSPS) is 17.6. The zero-order valence-corrected chi connectivity index (χ0v) is 11.1. The van der Waals surface area contributed by atoms with E-state index in [0.29, 0.717) is 0 Å². The molecule has 0 atom stereocenters. The molecular weight excluding hydrogens is 192 g/mol. The Kier molecular flexibility index (Phi) is 8.31. The van der Waals surface area contributed by atoms with Crippen molar-refractivity contribution < 1.29 is 0 Å². The summed E-state index contributed by atoms with van der Waals surface area (Å²) in [5.74, 6) is 7.65. The van der Waals surface area contributed by atoms with Crippen molar-refractivity contribution in [2.75, 3.05) is 0 Å². The highest BCUT2D eigenvalue weighted by Crippen LogP contribution is 2.22. The molecule has 0 nitrogen and oxygen atoms in total. The van der Waals surface area contributed by atoms with Gasteiger partial charge in [0.25, 0.3) is 0 Å². The molecule has 0 aromatic rings. The number of hydrogen-bond acceptors (Lipinski definition) is 0. The molecule has 0 aromatic heterocycles. The molecule has 0 heteroatoms. The Morgan fingerprint density at radius 2 is 1.56 bits per heavy atom. The topological polar surface area (TPSA) is 0 Å². The second-order valence-electron chi connectivity index (χ2n) is 5.17. The summed E-state index contributed by atoms with van der Waals surface area (Å²) in [6.45, 7) is 2.27. The molecule has 0 aromatic carbocycles. The van der Waals surface area contributed by atoms with Crippen molar-refractivity contribution in [2.24, 2.45) is 5.92 Å². The van der Waals surface area contributed by atoms with E-state index in [1.807, 2.05) is 0 Å². The fourth-order valence-electron chi connectivity index (χ4n) is 2.46. The van der Waals surface area contributed by atoms with E-state index >= 15 is 0 Å². The Morgan fingerprint density at radius 3 is 2.25 bits per heavy atom. The molecule has 0 radical (unpaired) electrons. The molecule has 0 aliphatic heterocycles. The van der Waals surface area contributed by atoms with Crippen molar-refractivity contribution in [3.8, 4) is 11.8 Å². The predicted molar refractivity (Wildman–Crippen MR) is 72.3 cm³/mol. The monoisotopic (exact) mass is 220 g/mol. The molecule has 1 aliphatic rings. The lowest BCUT2D eigenvalue weighted by Crippen LogP contribution is -1.93. The first-order chi connectivity index (χ1) is 7.93. The van der Waals surface area contributed by atoms with Crippen LogP contribution in [-0.2, 0) is 0 Å². The van der Waals surface area contributed by atoms with Crippen molar-refractivity contribution in [2.45, 2.75) is 84.0 Å². The Hall–Kier alpha value is -0.440. The van der Waals surface area contributed by atoms with Gasteiger partial charge >= 0.3 is 0 Å². The highest BCUT2D eigenvalue weighted by atomic mass is 14.1. The van der Waals surface area contributed by atoms with Gasteiger partial charge in [0.2, 0.25) is 0 Å². The quantitative estimate of drug-likeness (QED) is 0.334. The van der Waals surface area contributed by atoms with Crippen LogP contribution in [0.5, 0.6) is 0 Å². The van der Waals surface area contributed by atoms with E-state index < -0.39 is 0 Å². The maximum Gasteiger partial charge on any atom is 0.0202 e. The molecule has 16 heavy (non-hydrogen) atoms. The minimum atomic E-state index is 0.734. The second-order valence-corrected chi connectivity index (χ2v) is 5.17. The Balaban J connectivity index is 2.02. The van der Waals surface area contributed by atoms with Gasteiger partial charge in [0.1, 0.15) is 0 Å². The summed E-state index contributed by atoms with van der Waals surface area (Å²) in [6.07, 6.45) is 16.4. The highest BCUT2D eigenvalue weighted by Gasteiger charge is 2.08. The lowest BCUT2D eigenvalue weighted by Gasteiger charge is -2.03. The zero-order valence-electron chi connectivity index (χ0n) is 11.1. The van der Waals surface area contributed by atoms with Crippen molar-refractivity contribution in [1.82, 2.24) is 0 Å². The lowest BCUT2D eigenvalue weighted by molar-refractivity contribution is 0.576. The van der Waals surface area contributed by atoms with E-state index in [-0.39, 0.29) is 0 Å². The molecule has 1 rings (SSSR count). The molecule has 92 valence electrons. The fraction of sp³-hybridized carbons (Fsp3) is 0.875. The summed E-state index contributed by atoms with van der Waals surface area (Å²) >= 11 is 0. The summed E-state index contributed by atoms with van der Waals surface area (Å²) in [5, 5.41) is 0. The van der Waals surface area contributed by atoms with E-state index in [9.17, 15) is 0 Å². The van der Waals surface area contributed by atoms with Crippen molar-refractivity contribution >= 4 is 0 Å². The second kappa shape index (κ2) is 9.76. The number of rotatable bonds is 5. The summed E-state index contributed by atoms with van der Waals surface area (Å²) in [7, 11) is 0. The molecule has 0 amide bonds. The molecule has 0 unspecified atom stereocenters. The molecule has 0 N–H and O–H groups in total. The Labute approximate surface area is 102 Å². The van der Waals surface area contributed by atoms with Crippen molar-refractivity contribution in [3.05, 3.63) is 0 Å². The average Bonchev–Trinajstić information content (AvgIpc) is 2.56. The summed E-state index contributed by atoms with van der Waals surface area (Å²) in [6, 6.07) is 0. The Morgan fingerprint density at radius 1 is 0.875 bits per heavy atom. The van der Waals surface area contributed by atoms with Gasteiger partial charge in [-0.3, -0.25) is 0 Å². The van der Waals surface area contributed by atoms with Gasteiger partial charge in [-0.2, -0.15) is 0 Å². The van der Waals surface area contributed by atoms with Gasteiger partial charge in [-0.15, -0.1) is 5.92 Å². The maximum absolute atomic E-state index is 3.50. The van der Waals surface area contributed by atoms with Gasteiger partial charge in [0.15, 0.2) is 0 Å². The fourth-order valence-corrected chi connectivity index (χ4v) is 2.46. The van der Waals surface area contributed by atoms with Gasteiger partial charge in [-0.05, 0) is 19.3 Å². The standard InChI is InChI=1S/C16H28/c1-2-3-4-5-6-7-10-13-16-14-11-8-9-12-15-16/h16H,2-9,11-12,14-15H2,1H3. The van der Waals surface area contributed by atoms with Crippen LogP contribution in [0.1, 0.15) is 84.0 Å². The molecule has 1 aliphatic carbocycles. The van der Waals surface area contributed by atoms with Gasteiger partial charge in [0.05, 0.1) is 0 Å². The van der Waals surface area contributed by atoms with E-state index in [4.69, 9.17) is 0 Å². The summed E-state index contributed by atoms with van der Waals surface area (Å²) in [5.41, 5.74) is 0. The van der Waals surface area contributed by atoms with Crippen LogP contribution in [0.2, 0.25) is 0 Å². The first-order valence-electron chi connectivity index (χ1n) is 7.42. The third kappa shape index (κ3) is 6.94. The van der Waals surface area contributed by atoms with E-state index in [2.05, 4.69) is 18.8 Å². The number of unbranched alkanes of at least 4 members (excludes halogenated alkanes) is 5. The minimum Gasteiger partial charge on any atom is -0.103 e. The van der Waals surface area contributed by atoms with Crippen LogP contribution < -0.4 is 0 Å². The van der Waals surface area contributed by atoms with E-state index in [0.717, 1.165) is 12.3 Å². The smallest absolute Gasteiger partial charge is 0.0202 e. The third-order valence-corrected chi connectivity index (χ3v) is 3.57. The van der Waals surface area contributed by atoms with Crippen LogP contribution in [0.4, 0.5) is 0 Å². The van der Waals surface area contributed by atoms with Crippen LogP contribution in [0, 0.1) is 17.8 Å². The van der Waals surface area contributed by atoms with E-state index in [1.54, 1.807) is 0 Å². The van der Waals surface area contributed by atoms with Gasteiger partial charge in [-0.25, -0.2) is 0 Å². The average molecular weight is 220 g/mol. The van der Waals surface area contributed by atoms with Gasteiger partial charge < -0.3 is 0 Å². The largest absolute Gasteiger partial charge is 0.103 e. The van der Waals surface area contributed by atoms with Gasteiger partial charge in [0, 0.05) is 12.3 Å². The van der Waals surface area contributed by atoms with Crippen LogP contribution in [0.25, 0.3) is 0 Å². The molecule has 1 saturated carbocycles. The molecule has 1 fully saturated rings. The van der Waals surface area contributed by atoms with Crippen LogP contribution in [0.15, 0.2) is 0 Å². The van der Waals surface area contributed by atoms with Crippen LogP contribution in [0.3, 0.4) is 0 Å². The Bertz CT molecular complexity index is 198. The predicted octanol–water partition coefficient (Wildman–Crippen LogP) is 5.32. The molecule has 0 bridgehead atoms. The molecule has 0 heterocycles. The van der Waals surface area contributed by atoms with Crippen molar-refractivity contribution in [3.63, 3.8) is 0 Å². The summed E-state index contributed by atoms with van der Waals surface area (Å²) < 4.78 is 0. The molecular formula is C16H28. The lowest BCUT2D eigenvalue weighted by atomic mass is 10.0. The zero-order chi connectivity index (χ0) is 11.5. The first-order valence-corrected chi connectivity index (χ1v) is 7.42. The maximum atomic E-state index is 3.50. The number of hydrogen-bond donors (Lipinski definition) is 0. The van der Waals surface area contributed by atoms with Crippen LogP contribution >= 0.6 is 0 Å². The SMILES string of the molecule is CCCCCCCC#CC1CCCCCC1. The third-order valence-electron chi connectivity index (χ3n) is 3.57. The van der Waals surface area contributed by atoms with E-state index in [1.165, 1.54) is 70.6 Å². The van der Waals surface area contributed by atoms with Crippen LogP contribution in [-0.4, -0.2) is 0 Å². The molecule has 0 saturated heterocycles. The first kappa shape index (κ1) is 13.6.